The van der Waals surface area contributed by atoms with Crippen LogP contribution in [0.15, 0.2) is 24.3 Å². The predicted octanol–water partition coefficient (Wildman–Crippen LogP) is 0.844. The SMILES string of the molecule is CC(O)C(=O)Oc1ccc(C#N)cc1. The molecule has 0 aliphatic carbocycles. The molecule has 1 atom stereocenters. The summed E-state index contributed by atoms with van der Waals surface area (Å²) in [5.41, 5.74) is 0.488. The van der Waals surface area contributed by atoms with Crippen molar-refractivity contribution < 1.29 is 14.6 Å². The minimum absolute atomic E-state index is 0.315. The van der Waals surface area contributed by atoms with E-state index in [0.717, 1.165) is 0 Å². The van der Waals surface area contributed by atoms with Crippen LogP contribution in [0.4, 0.5) is 0 Å². The van der Waals surface area contributed by atoms with Gasteiger partial charge in [-0.15, -0.1) is 0 Å². The lowest BCUT2D eigenvalue weighted by molar-refractivity contribution is -0.142. The lowest BCUT2D eigenvalue weighted by Gasteiger charge is -2.05. The molecule has 1 unspecified atom stereocenters. The Hall–Kier alpha value is -1.86. The second-order valence-electron chi connectivity index (χ2n) is 2.73. The van der Waals surface area contributed by atoms with Gasteiger partial charge in [0.2, 0.25) is 0 Å². The molecule has 4 nitrogen and oxygen atoms in total. The highest BCUT2D eigenvalue weighted by Crippen LogP contribution is 2.12. The summed E-state index contributed by atoms with van der Waals surface area (Å²) in [5, 5.41) is 17.4. The number of nitrogens with zero attached hydrogens (tertiary/aromatic N) is 1. The first-order chi connectivity index (χ1) is 6.63. The largest absolute Gasteiger partial charge is 0.425 e. The van der Waals surface area contributed by atoms with Crippen LogP contribution < -0.4 is 4.74 Å². The van der Waals surface area contributed by atoms with Crippen molar-refractivity contribution >= 4 is 5.97 Å². The highest BCUT2D eigenvalue weighted by atomic mass is 16.5. The minimum Gasteiger partial charge on any atom is -0.425 e. The summed E-state index contributed by atoms with van der Waals surface area (Å²) < 4.78 is 4.78. The number of carbonyl (C=O) groups excluding carboxylic acids is 1. The lowest BCUT2D eigenvalue weighted by atomic mass is 10.2. The molecule has 0 heterocycles. The van der Waals surface area contributed by atoms with E-state index in [4.69, 9.17) is 15.1 Å². The number of hydrogen-bond donors (Lipinski definition) is 1. The molecule has 1 rings (SSSR count). The fraction of sp³-hybridized carbons (Fsp3) is 0.200. The molecule has 72 valence electrons. The van der Waals surface area contributed by atoms with Crippen LogP contribution in [0.2, 0.25) is 0 Å². The van der Waals surface area contributed by atoms with Crippen LogP contribution in [0, 0.1) is 11.3 Å². The zero-order valence-electron chi connectivity index (χ0n) is 7.60. The van der Waals surface area contributed by atoms with E-state index in [9.17, 15) is 4.79 Å². The molecule has 0 spiro atoms. The topological polar surface area (TPSA) is 70.3 Å². The lowest BCUT2D eigenvalue weighted by Crippen LogP contribution is -2.22. The maximum atomic E-state index is 10.9. The Bertz CT molecular complexity index is 362. The number of aliphatic hydroxyl groups is 1. The van der Waals surface area contributed by atoms with Crippen molar-refractivity contribution in [3.8, 4) is 11.8 Å². The van der Waals surface area contributed by atoms with Crippen LogP contribution in [-0.4, -0.2) is 17.2 Å². The first-order valence-corrected chi connectivity index (χ1v) is 4.03. The van der Waals surface area contributed by atoms with Gasteiger partial charge in [0.25, 0.3) is 0 Å². The van der Waals surface area contributed by atoms with E-state index < -0.39 is 12.1 Å². The number of esters is 1. The molecule has 4 heteroatoms. The quantitative estimate of drug-likeness (QED) is 0.555. The summed E-state index contributed by atoms with van der Waals surface area (Å²) >= 11 is 0. The van der Waals surface area contributed by atoms with E-state index in [0.29, 0.717) is 11.3 Å². The van der Waals surface area contributed by atoms with Crippen LogP contribution in [0.1, 0.15) is 12.5 Å². The van der Waals surface area contributed by atoms with Crippen molar-refractivity contribution in [3.63, 3.8) is 0 Å². The van der Waals surface area contributed by atoms with Gasteiger partial charge in [0.1, 0.15) is 11.9 Å². The molecule has 0 fully saturated rings. The van der Waals surface area contributed by atoms with Crippen LogP contribution >= 0.6 is 0 Å². The molecule has 0 aromatic heterocycles. The molecule has 0 radical (unpaired) electrons. The Morgan fingerprint density at radius 3 is 2.50 bits per heavy atom. The van der Waals surface area contributed by atoms with E-state index >= 15 is 0 Å². The fourth-order valence-corrected chi connectivity index (χ4v) is 0.799. The van der Waals surface area contributed by atoms with Gasteiger partial charge < -0.3 is 9.84 Å². The normalized spacial score (nSPS) is 11.5. The van der Waals surface area contributed by atoms with E-state index in [1.54, 1.807) is 0 Å². The number of rotatable bonds is 2. The molecule has 0 bridgehead atoms. The van der Waals surface area contributed by atoms with Gasteiger partial charge in [-0.3, -0.25) is 0 Å². The van der Waals surface area contributed by atoms with Gasteiger partial charge in [-0.2, -0.15) is 5.26 Å². The average Bonchev–Trinajstić information content (AvgIpc) is 2.19. The summed E-state index contributed by atoms with van der Waals surface area (Å²) in [4.78, 5) is 10.9. The van der Waals surface area contributed by atoms with Gasteiger partial charge in [-0.25, -0.2) is 4.79 Å². The monoisotopic (exact) mass is 191 g/mol. The van der Waals surface area contributed by atoms with Gasteiger partial charge >= 0.3 is 5.97 Å². The van der Waals surface area contributed by atoms with Gasteiger partial charge in [0.05, 0.1) is 11.6 Å². The first-order valence-electron chi connectivity index (χ1n) is 4.03. The fourth-order valence-electron chi connectivity index (χ4n) is 0.799. The van der Waals surface area contributed by atoms with Crippen molar-refractivity contribution in [1.82, 2.24) is 0 Å². The molecule has 0 saturated carbocycles. The minimum atomic E-state index is -1.15. The van der Waals surface area contributed by atoms with Gasteiger partial charge in [-0.05, 0) is 31.2 Å². The number of carbonyl (C=O) groups is 1. The molecular weight excluding hydrogens is 182 g/mol. The Morgan fingerprint density at radius 1 is 1.50 bits per heavy atom. The molecule has 0 saturated heterocycles. The number of hydrogen-bond acceptors (Lipinski definition) is 4. The highest BCUT2D eigenvalue weighted by molar-refractivity contribution is 5.76. The summed E-state index contributed by atoms with van der Waals surface area (Å²) in [6.45, 7) is 1.33. The third kappa shape index (κ3) is 2.57. The summed E-state index contributed by atoms with van der Waals surface area (Å²) in [6.07, 6.45) is -1.15. The number of benzene rings is 1. The second-order valence-corrected chi connectivity index (χ2v) is 2.73. The van der Waals surface area contributed by atoms with Crippen molar-refractivity contribution in [2.75, 3.05) is 0 Å². The Kier molecular flexibility index (Phi) is 3.21. The van der Waals surface area contributed by atoms with Crippen LogP contribution in [0.25, 0.3) is 0 Å². The van der Waals surface area contributed by atoms with Gasteiger partial charge in [0.15, 0.2) is 0 Å². The third-order valence-electron chi connectivity index (χ3n) is 1.54. The zero-order chi connectivity index (χ0) is 10.6. The third-order valence-corrected chi connectivity index (χ3v) is 1.54. The van der Waals surface area contributed by atoms with Crippen molar-refractivity contribution in [2.24, 2.45) is 0 Å². The number of nitriles is 1. The maximum Gasteiger partial charge on any atom is 0.340 e. The zero-order valence-corrected chi connectivity index (χ0v) is 7.60. The van der Waals surface area contributed by atoms with E-state index in [1.165, 1.54) is 31.2 Å². The predicted molar refractivity (Wildman–Crippen MR) is 48.5 cm³/mol. The van der Waals surface area contributed by atoms with Gasteiger partial charge in [-0.1, -0.05) is 0 Å². The number of ether oxygens (including phenoxy) is 1. The maximum absolute atomic E-state index is 10.9. The molecule has 1 aromatic rings. The van der Waals surface area contributed by atoms with Crippen LogP contribution in [0.5, 0.6) is 5.75 Å². The Labute approximate surface area is 81.4 Å². The summed E-state index contributed by atoms with van der Waals surface area (Å²) in [5.74, 6) is -0.399. The first kappa shape index (κ1) is 10.2. The van der Waals surface area contributed by atoms with E-state index in [-0.39, 0.29) is 0 Å². The van der Waals surface area contributed by atoms with Gasteiger partial charge in [0, 0.05) is 0 Å². The molecule has 14 heavy (non-hydrogen) atoms. The average molecular weight is 191 g/mol. The second kappa shape index (κ2) is 4.40. The van der Waals surface area contributed by atoms with E-state index in [1.807, 2.05) is 6.07 Å². The highest BCUT2D eigenvalue weighted by Gasteiger charge is 2.10. The number of aliphatic hydroxyl groups excluding tert-OH is 1. The Balaban J connectivity index is 2.70. The van der Waals surface area contributed by atoms with Crippen molar-refractivity contribution in [3.05, 3.63) is 29.8 Å². The molecule has 0 aliphatic rings. The standard InChI is InChI=1S/C10H9NO3/c1-7(12)10(13)14-9-4-2-8(6-11)3-5-9/h2-5,7,12H,1H3. The molecule has 0 amide bonds. The molecule has 1 aromatic carbocycles. The summed E-state index contributed by atoms with van der Waals surface area (Å²) in [7, 11) is 0. The van der Waals surface area contributed by atoms with Crippen molar-refractivity contribution in [2.45, 2.75) is 13.0 Å². The van der Waals surface area contributed by atoms with Crippen LogP contribution in [-0.2, 0) is 4.79 Å². The smallest absolute Gasteiger partial charge is 0.340 e. The van der Waals surface area contributed by atoms with E-state index in [2.05, 4.69) is 0 Å². The summed E-state index contributed by atoms with van der Waals surface area (Å²) in [6, 6.07) is 8.00. The molecule has 0 aliphatic heterocycles. The van der Waals surface area contributed by atoms with Crippen LogP contribution in [0.3, 0.4) is 0 Å². The van der Waals surface area contributed by atoms with Crippen molar-refractivity contribution in [1.29, 1.82) is 5.26 Å². The molecule has 1 N–H and O–H groups in total. The Morgan fingerprint density at radius 2 is 2.07 bits per heavy atom. The molecular formula is C10H9NO3.